The number of para-hydroxylation sites is 2. The molecule has 2 aromatic carbocycles. The van der Waals surface area contributed by atoms with Gasteiger partial charge in [-0.2, -0.15) is 0 Å². The molecule has 0 atom stereocenters. The molecule has 0 saturated heterocycles. The van der Waals surface area contributed by atoms with Gasteiger partial charge in [-0.1, -0.05) is 74.9 Å². The lowest BCUT2D eigenvalue weighted by Gasteiger charge is -2.21. The topological polar surface area (TPSA) is 4.93 Å². The first-order valence-electron chi connectivity index (χ1n) is 8.93. The predicted molar refractivity (Wildman–Crippen MR) is 95.4 cm³/mol. The van der Waals surface area contributed by atoms with E-state index < -0.39 is 0 Å². The van der Waals surface area contributed by atoms with Crippen molar-refractivity contribution in [2.24, 2.45) is 0 Å². The van der Waals surface area contributed by atoms with Crippen molar-refractivity contribution in [1.29, 1.82) is 0 Å². The standard InChI is InChI=1S/C21H25N/c1-2-4-6-12-17(11-5-3-1)22-20-15-9-7-13-18(20)19-14-8-10-16-21(19)22/h7-10,13-17H,1-6,11-12H2. The van der Waals surface area contributed by atoms with Crippen LogP contribution in [-0.4, -0.2) is 4.57 Å². The fraction of sp³-hybridized carbons (Fsp3) is 0.429. The van der Waals surface area contributed by atoms with Gasteiger partial charge in [-0.05, 0) is 25.0 Å². The van der Waals surface area contributed by atoms with Crippen molar-refractivity contribution in [2.45, 2.75) is 57.4 Å². The smallest absolute Gasteiger partial charge is 0.0493 e. The van der Waals surface area contributed by atoms with Crippen LogP contribution in [0.1, 0.15) is 57.4 Å². The molecule has 1 nitrogen and oxygen atoms in total. The zero-order valence-electron chi connectivity index (χ0n) is 13.3. The molecule has 1 aromatic heterocycles. The van der Waals surface area contributed by atoms with Gasteiger partial charge in [0.25, 0.3) is 0 Å². The van der Waals surface area contributed by atoms with Crippen LogP contribution in [0.15, 0.2) is 48.5 Å². The lowest BCUT2D eigenvalue weighted by atomic mass is 10.0. The summed E-state index contributed by atoms with van der Waals surface area (Å²) in [5.74, 6) is 0. The molecule has 1 fully saturated rings. The van der Waals surface area contributed by atoms with Crippen LogP contribution in [0.3, 0.4) is 0 Å². The van der Waals surface area contributed by atoms with Crippen LogP contribution in [0.4, 0.5) is 0 Å². The van der Waals surface area contributed by atoms with E-state index in [-0.39, 0.29) is 0 Å². The lowest BCUT2D eigenvalue weighted by molar-refractivity contribution is 0.435. The first-order valence-corrected chi connectivity index (χ1v) is 8.93. The zero-order valence-corrected chi connectivity index (χ0v) is 13.3. The van der Waals surface area contributed by atoms with Crippen molar-refractivity contribution in [2.75, 3.05) is 0 Å². The van der Waals surface area contributed by atoms with Gasteiger partial charge in [-0.25, -0.2) is 0 Å². The zero-order chi connectivity index (χ0) is 14.8. The Kier molecular flexibility index (Phi) is 3.88. The molecule has 0 unspecified atom stereocenters. The van der Waals surface area contributed by atoms with E-state index >= 15 is 0 Å². The molecule has 1 aliphatic rings. The first kappa shape index (κ1) is 13.9. The first-order chi connectivity index (χ1) is 10.9. The summed E-state index contributed by atoms with van der Waals surface area (Å²) in [6, 6.07) is 18.6. The van der Waals surface area contributed by atoms with Gasteiger partial charge in [0, 0.05) is 27.8 Å². The van der Waals surface area contributed by atoms with E-state index in [2.05, 4.69) is 53.1 Å². The summed E-state index contributed by atoms with van der Waals surface area (Å²) in [5.41, 5.74) is 2.85. The van der Waals surface area contributed by atoms with E-state index in [9.17, 15) is 0 Å². The monoisotopic (exact) mass is 291 g/mol. The molecule has 1 heteroatoms. The number of benzene rings is 2. The Morgan fingerprint density at radius 3 is 1.59 bits per heavy atom. The minimum atomic E-state index is 0.669. The second-order valence-corrected chi connectivity index (χ2v) is 6.76. The molecule has 0 radical (unpaired) electrons. The Bertz CT molecular complexity index is 705. The average molecular weight is 291 g/mol. The van der Waals surface area contributed by atoms with Crippen LogP contribution in [0.25, 0.3) is 21.8 Å². The fourth-order valence-corrected chi connectivity index (χ4v) is 4.22. The van der Waals surface area contributed by atoms with Crippen molar-refractivity contribution in [3.63, 3.8) is 0 Å². The molecule has 3 aromatic rings. The Morgan fingerprint density at radius 1 is 0.591 bits per heavy atom. The summed E-state index contributed by atoms with van der Waals surface area (Å²) in [7, 11) is 0. The van der Waals surface area contributed by atoms with Gasteiger partial charge >= 0.3 is 0 Å². The summed E-state index contributed by atoms with van der Waals surface area (Å²) >= 11 is 0. The highest BCUT2D eigenvalue weighted by molar-refractivity contribution is 6.08. The average Bonchev–Trinajstić information content (AvgIpc) is 2.95. The summed E-state index contributed by atoms with van der Waals surface area (Å²) in [6.45, 7) is 0. The number of aromatic nitrogens is 1. The van der Waals surface area contributed by atoms with E-state index in [4.69, 9.17) is 0 Å². The van der Waals surface area contributed by atoms with Gasteiger partial charge in [0.1, 0.15) is 0 Å². The van der Waals surface area contributed by atoms with Gasteiger partial charge in [0.2, 0.25) is 0 Å². The van der Waals surface area contributed by atoms with Crippen LogP contribution in [0.5, 0.6) is 0 Å². The minimum Gasteiger partial charge on any atom is -0.337 e. The normalized spacial score (nSPS) is 18.2. The highest BCUT2D eigenvalue weighted by Gasteiger charge is 2.18. The van der Waals surface area contributed by atoms with Crippen LogP contribution in [0, 0.1) is 0 Å². The molecule has 114 valence electrons. The third kappa shape index (κ3) is 2.43. The van der Waals surface area contributed by atoms with Gasteiger partial charge in [0.05, 0.1) is 0 Å². The van der Waals surface area contributed by atoms with Crippen molar-refractivity contribution in [3.05, 3.63) is 48.5 Å². The van der Waals surface area contributed by atoms with Crippen LogP contribution in [-0.2, 0) is 0 Å². The maximum absolute atomic E-state index is 2.65. The molecule has 0 bridgehead atoms. The minimum absolute atomic E-state index is 0.669. The molecule has 22 heavy (non-hydrogen) atoms. The summed E-state index contributed by atoms with van der Waals surface area (Å²) in [4.78, 5) is 0. The van der Waals surface area contributed by atoms with Gasteiger partial charge in [-0.15, -0.1) is 0 Å². The SMILES string of the molecule is c1ccc2c(c1)c1ccccc1n2C1CCCCCCCC1. The number of hydrogen-bond acceptors (Lipinski definition) is 0. The summed E-state index contributed by atoms with van der Waals surface area (Å²) in [5, 5.41) is 2.83. The maximum Gasteiger partial charge on any atom is 0.0493 e. The second kappa shape index (κ2) is 6.16. The van der Waals surface area contributed by atoms with Crippen molar-refractivity contribution >= 4 is 21.8 Å². The molecule has 0 N–H and O–H groups in total. The van der Waals surface area contributed by atoms with E-state index in [0.29, 0.717) is 6.04 Å². The number of rotatable bonds is 1. The van der Waals surface area contributed by atoms with E-state index in [1.165, 1.54) is 73.2 Å². The highest BCUT2D eigenvalue weighted by atomic mass is 15.0. The Balaban J connectivity index is 1.87. The molecule has 0 spiro atoms. The quantitative estimate of drug-likeness (QED) is 0.484. The van der Waals surface area contributed by atoms with Crippen molar-refractivity contribution < 1.29 is 0 Å². The lowest BCUT2D eigenvalue weighted by Crippen LogP contribution is -2.08. The van der Waals surface area contributed by atoms with Gasteiger partial charge in [0.15, 0.2) is 0 Å². The Morgan fingerprint density at radius 2 is 1.05 bits per heavy atom. The highest BCUT2D eigenvalue weighted by Crippen LogP contribution is 2.36. The van der Waals surface area contributed by atoms with Crippen LogP contribution < -0.4 is 0 Å². The molecular formula is C21H25N. The third-order valence-electron chi connectivity index (χ3n) is 5.31. The largest absolute Gasteiger partial charge is 0.337 e. The van der Waals surface area contributed by atoms with E-state index in [1.807, 2.05) is 0 Å². The number of nitrogens with zero attached hydrogens (tertiary/aromatic N) is 1. The molecule has 1 saturated carbocycles. The molecule has 0 amide bonds. The predicted octanol–water partition coefficient (Wildman–Crippen LogP) is 6.47. The third-order valence-corrected chi connectivity index (χ3v) is 5.31. The summed E-state index contributed by atoms with van der Waals surface area (Å²) < 4.78 is 2.65. The molecule has 1 heterocycles. The van der Waals surface area contributed by atoms with Crippen molar-refractivity contribution in [3.8, 4) is 0 Å². The molecule has 0 aliphatic heterocycles. The Labute approximate surface area is 132 Å². The van der Waals surface area contributed by atoms with Crippen LogP contribution in [0.2, 0.25) is 0 Å². The van der Waals surface area contributed by atoms with Gasteiger partial charge in [-0.3, -0.25) is 0 Å². The van der Waals surface area contributed by atoms with E-state index in [1.54, 1.807) is 0 Å². The molecular weight excluding hydrogens is 266 g/mol. The Hall–Kier alpha value is -1.76. The molecule has 1 aliphatic carbocycles. The van der Waals surface area contributed by atoms with Gasteiger partial charge < -0.3 is 4.57 Å². The fourth-order valence-electron chi connectivity index (χ4n) is 4.22. The number of hydrogen-bond donors (Lipinski definition) is 0. The summed E-state index contributed by atoms with van der Waals surface area (Å²) in [6.07, 6.45) is 11.1. The molecule has 4 rings (SSSR count). The number of fused-ring (bicyclic) bond motifs is 3. The van der Waals surface area contributed by atoms with Crippen LogP contribution >= 0.6 is 0 Å². The second-order valence-electron chi connectivity index (χ2n) is 6.76. The maximum atomic E-state index is 2.65. The van der Waals surface area contributed by atoms with Crippen molar-refractivity contribution in [1.82, 2.24) is 4.57 Å². The van der Waals surface area contributed by atoms with E-state index in [0.717, 1.165) is 0 Å².